The van der Waals surface area contributed by atoms with E-state index in [1.165, 1.54) is 19.2 Å². The first-order valence-corrected chi connectivity index (χ1v) is 5.69. The zero-order valence-corrected chi connectivity index (χ0v) is 10.9. The minimum absolute atomic E-state index is 0.0515. The van der Waals surface area contributed by atoms with Crippen molar-refractivity contribution in [3.8, 4) is 5.75 Å². The van der Waals surface area contributed by atoms with Crippen molar-refractivity contribution in [2.24, 2.45) is 0 Å². The number of allylic oxidation sites excluding steroid dienone is 2. The molecule has 0 amide bonds. The van der Waals surface area contributed by atoms with Crippen molar-refractivity contribution in [2.45, 2.75) is 6.92 Å². The molecule has 0 atom stereocenters. The van der Waals surface area contributed by atoms with Gasteiger partial charge in [0.2, 0.25) is 17.3 Å². The van der Waals surface area contributed by atoms with Crippen LogP contribution in [-0.4, -0.2) is 24.6 Å². The Morgan fingerprint density at radius 3 is 2.47 bits per heavy atom. The Balaban J connectivity index is 2.65. The van der Waals surface area contributed by atoms with E-state index in [-0.39, 0.29) is 16.9 Å². The molecule has 1 aliphatic carbocycles. The van der Waals surface area contributed by atoms with E-state index in [1.54, 1.807) is 6.07 Å². The fourth-order valence-corrected chi connectivity index (χ4v) is 2.02. The second-order valence-electron chi connectivity index (χ2n) is 3.78. The summed E-state index contributed by atoms with van der Waals surface area (Å²) in [5.41, 5.74) is 0.181. The summed E-state index contributed by atoms with van der Waals surface area (Å²) in [6.45, 7) is 1.12. The van der Waals surface area contributed by atoms with Crippen LogP contribution in [0.5, 0.6) is 5.75 Å². The third-order valence-corrected chi connectivity index (χ3v) is 2.91. The molecular weight excluding hydrogens is 272 g/mol. The Labute approximate surface area is 113 Å². The zero-order chi connectivity index (χ0) is 14.2. The number of esters is 1. The molecule has 0 bridgehead atoms. The van der Waals surface area contributed by atoms with E-state index in [4.69, 9.17) is 21.1 Å². The molecule has 5 nitrogen and oxygen atoms in total. The Hall–Kier alpha value is -2.14. The summed E-state index contributed by atoms with van der Waals surface area (Å²) in [6, 6.07) is 4.57. The highest BCUT2D eigenvalue weighted by Crippen LogP contribution is 2.34. The van der Waals surface area contributed by atoms with Crippen molar-refractivity contribution < 1.29 is 23.9 Å². The summed E-state index contributed by atoms with van der Waals surface area (Å²) < 4.78 is 9.77. The molecular formula is C13H9ClO5. The quantitative estimate of drug-likeness (QED) is 0.776. The lowest BCUT2D eigenvalue weighted by atomic mass is 9.92. The van der Waals surface area contributed by atoms with Crippen LogP contribution in [0.3, 0.4) is 0 Å². The predicted octanol–water partition coefficient (Wildman–Crippen LogP) is 2.09. The van der Waals surface area contributed by atoms with Gasteiger partial charge in [-0.1, -0.05) is 17.7 Å². The average Bonchev–Trinajstić information content (AvgIpc) is 2.40. The standard InChI is InChI=1S/C13H9ClO5/c1-6(15)19-13-10(14)11(16)7-4-3-5-8(18-2)9(7)12(13)17/h3-5H,1-2H3. The number of carbonyl (C=O) groups excluding carboxylic acids is 3. The summed E-state index contributed by atoms with van der Waals surface area (Å²) >= 11 is 5.79. The molecule has 98 valence electrons. The summed E-state index contributed by atoms with van der Waals surface area (Å²) in [4.78, 5) is 35.2. The van der Waals surface area contributed by atoms with Crippen LogP contribution in [0.4, 0.5) is 0 Å². The molecule has 0 saturated heterocycles. The van der Waals surface area contributed by atoms with Gasteiger partial charge in [-0.3, -0.25) is 14.4 Å². The lowest BCUT2D eigenvalue weighted by molar-refractivity contribution is -0.136. The Morgan fingerprint density at radius 2 is 1.89 bits per heavy atom. The van der Waals surface area contributed by atoms with Gasteiger partial charge in [0.15, 0.2) is 0 Å². The molecule has 0 N–H and O–H groups in total. The van der Waals surface area contributed by atoms with Crippen molar-refractivity contribution in [1.29, 1.82) is 0 Å². The molecule has 1 aromatic carbocycles. The molecule has 19 heavy (non-hydrogen) atoms. The van der Waals surface area contributed by atoms with Crippen molar-refractivity contribution in [1.82, 2.24) is 0 Å². The molecule has 0 spiro atoms. The first kappa shape index (κ1) is 13.3. The first-order valence-electron chi connectivity index (χ1n) is 5.32. The largest absolute Gasteiger partial charge is 0.496 e. The number of methoxy groups -OCH3 is 1. The van der Waals surface area contributed by atoms with Gasteiger partial charge in [0.1, 0.15) is 10.8 Å². The molecule has 0 aromatic heterocycles. The smallest absolute Gasteiger partial charge is 0.308 e. The van der Waals surface area contributed by atoms with E-state index in [0.717, 1.165) is 6.92 Å². The second kappa shape index (κ2) is 4.85. The molecule has 0 saturated carbocycles. The average molecular weight is 281 g/mol. The highest BCUT2D eigenvalue weighted by atomic mass is 35.5. The molecule has 0 fully saturated rings. The van der Waals surface area contributed by atoms with Crippen molar-refractivity contribution in [2.75, 3.05) is 7.11 Å². The SMILES string of the molecule is COc1cccc2c1C(=O)C(OC(C)=O)=C(Cl)C2=O. The van der Waals surface area contributed by atoms with Gasteiger partial charge in [0, 0.05) is 12.5 Å². The third kappa shape index (κ3) is 2.13. The first-order chi connectivity index (χ1) is 8.97. The van der Waals surface area contributed by atoms with E-state index in [2.05, 4.69) is 0 Å². The lowest BCUT2D eigenvalue weighted by Gasteiger charge is -2.18. The van der Waals surface area contributed by atoms with Crippen LogP contribution >= 0.6 is 11.6 Å². The number of hydrogen-bond donors (Lipinski definition) is 0. The van der Waals surface area contributed by atoms with Gasteiger partial charge in [-0.25, -0.2) is 0 Å². The number of hydrogen-bond acceptors (Lipinski definition) is 5. The Kier molecular flexibility index (Phi) is 3.40. The number of Topliss-reactive ketones (excluding diaryl/α,β-unsaturated/α-hetero) is 2. The topological polar surface area (TPSA) is 69.7 Å². The van der Waals surface area contributed by atoms with Crippen LogP contribution in [0.2, 0.25) is 0 Å². The normalized spacial score (nSPS) is 14.3. The van der Waals surface area contributed by atoms with E-state index in [0.29, 0.717) is 0 Å². The maximum atomic E-state index is 12.2. The summed E-state index contributed by atoms with van der Waals surface area (Å²) in [5.74, 6) is -2.19. The van der Waals surface area contributed by atoms with Crippen molar-refractivity contribution in [3.05, 3.63) is 40.1 Å². The van der Waals surface area contributed by atoms with Gasteiger partial charge in [-0.05, 0) is 12.1 Å². The highest BCUT2D eigenvalue weighted by molar-refractivity contribution is 6.50. The molecule has 0 radical (unpaired) electrons. The second-order valence-corrected chi connectivity index (χ2v) is 4.16. The van der Waals surface area contributed by atoms with Crippen LogP contribution in [0.15, 0.2) is 29.0 Å². The molecule has 0 unspecified atom stereocenters. The van der Waals surface area contributed by atoms with Gasteiger partial charge < -0.3 is 9.47 Å². The van der Waals surface area contributed by atoms with E-state index in [9.17, 15) is 14.4 Å². The molecule has 1 aliphatic rings. The third-order valence-electron chi connectivity index (χ3n) is 2.57. The molecule has 0 aliphatic heterocycles. The molecule has 0 heterocycles. The summed E-state index contributed by atoms with van der Waals surface area (Å²) in [5, 5.41) is -0.402. The number of ether oxygens (including phenoxy) is 2. The van der Waals surface area contributed by atoms with E-state index in [1.807, 2.05) is 0 Å². The van der Waals surface area contributed by atoms with Gasteiger partial charge >= 0.3 is 5.97 Å². The number of rotatable bonds is 2. The fourth-order valence-electron chi connectivity index (χ4n) is 1.79. The van der Waals surface area contributed by atoms with Gasteiger partial charge in [0.05, 0.1) is 12.7 Å². The molecule has 2 rings (SSSR count). The highest BCUT2D eigenvalue weighted by Gasteiger charge is 2.35. The van der Waals surface area contributed by atoms with Crippen LogP contribution in [0.1, 0.15) is 27.6 Å². The molecule has 6 heteroatoms. The van der Waals surface area contributed by atoms with Crippen LogP contribution < -0.4 is 4.74 Å². The van der Waals surface area contributed by atoms with Gasteiger partial charge in [-0.15, -0.1) is 0 Å². The predicted molar refractivity (Wildman–Crippen MR) is 66.3 cm³/mol. The van der Waals surface area contributed by atoms with E-state index < -0.39 is 28.3 Å². The van der Waals surface area contributed by atoms with Crippen molar-refractivity contribution >= 4 is 29.1 Å². The lowest BCUT2D eigenvalue weighted by Crippen LogP contribution is -2.23. The van der Waals surface area contributed by atoms with Gasteiger partial charge in [0.25, 0.3) is 0 Å². The Bertz CT molecular complexity index is 630. The maximum Gasteiger partial charge on any atom is 0.308 e. The van der Waals surface area contributed by atoms with Crippen LogP contribution in [0, 0.1) is 0 Å². The fraction of sp³-hybridized carbons (Fsp3) is 0.154. The molecule has 1 aromatic rings. The maximum absolute atomic E-state index is 12.2. The monoisotopic (exact) mass is 280 g/mol. The minimum Gasteiger partial charge on any atom is -0.496 e. The summed E-state index contributed by atoms with van der Waals surface area (Å²) in [7, 11) is 1.37. The number of ketones is 2. The van der Waals surface area contributed by atoms with E-state index >= 15 is 0 Å². The van der Waals surface area contributed by atoms with Crippen molar-refractivity contribution in [3.63, 3.8) is 0 Å². The minimum atomic E-state index is -0.729. The van der Waals surface area contributed by atoms with Gasteiger partial charge in [-0.2, -0.15) is 0 Å². The number of halogens is 1. The number of fused-ring (bicyclic) bond motifs is 1. The zero-order valence-electron chi connectivity index (χ0n) is 10.2. The number of carbonyl (C=O) groups is 3. The Morgan fingerprint density at radius 1 is 1.21 bits per heavy atom. The van der Waals surface area contributed by atoms with Crippen LogP contribution in [-0.2, 0) is 9.53 Å². The number of benzene rings is 1. The summed E-state index contributed by atoms with van der Waals surface area (Å²) in [6.07, 6.45) is 0. The van der Waals surface area contributed by atoms with Crippen LogP contribution in [0.25, 0.3) is 0 Å².